The van der Waals surface area contributed by atoms with Crippen molar-refractivity contribution in [2.24, 2.45) is 0 Å². The second-order valence-electron chi connectivity index (χ2n) is 6.53. The number of hydrogen-bond acceptors (Lipinski definition) is 5. The van der Waals surface area contributed by atoms with Gasteiger partial charge < -0.3 is 13.9 Å². The number of fused-ring (bicyclic) bond motifs is 2. The highest BCUT2D eigenvalue weighted by molar-refractivity contribution is 5.88. The minimum atomic E-state index is -0.681. The fraction of sp³-hybridized carbons (Fsp3) is 0.368. The van der Waals surface area contributed by atoms with E-state index in [4.69, 9.17) is 13.9 Å². The largest absolute Gasteiger partial charge is 0.484 e. The van der Waals surface area contributed by atoms with Crippen LogP contribution in [0.2, 0.25) is 0 Å². The van der Waals surface area contributed by atoms with E-state index in [9.17, 15) is 9.59 Å². The molecule has 0 unspecified atom stereocenters. The van der Waals surface area contributed by atoms with Gasteiger partial charge in [0.05, 0.1) is 0 Å². The van der Waals surface area contributed by atoms with Gasteiger partial charge in [-0.25, -0.2) is 9.59 Å². The van der Waals surface area contributed by atoms with Crippen molar-refractivity contribution in [1.29, 1.82) is 0 Å². The molecule has 0 fully saturated rings. The van der Waals surface area contributed by atoms with Crippen molar-refractivity contribution < 1.29 is 18.7 Å². The SMILES string of the molecule is C/C=C(\C)C(=O)O[C@H]1Cc2cc3ccc(=O)oc3cc2OC1(C)C. The van der Waals surface area contributed by atoms with E-state index in [2.05, 4.69) is 0 Å². The lowest BCUT2D eigenvalue weighted by Crippen LogP contribution is -2.48. The molecule has 24 heavy (non-hydrogen) atoms. The van der Waals surface area contributed by atoms with Crippen LogP contribution in [0, 0.1) is 0 Å². The van der Waals surface area contributed by atoms with Crippen LogP contribution in [0.15, 0.2) is 45.1 Å². The summed E-state index contributed by atoms with van der Waals surface area (Å²) in [6, 6.07) is 6.73. The zero-order valence-corrected chi connectivity index (χ0v) is 14.2. The molecule has 2 heterocycles. The molecule has 0 spiro atoms. The lowest BCUT2D eigenvalue weighted by atomic mass is 9.90. The number of hydrogen-bond donors (Lipinski definition) is 0. The molecular formula is C19H20O5. The van der Waals surface area contributed by atoms with Gasteiger partial charge in [0.2, 0.25) is 0 Å². The van der Waals surface area contributed by atoms with Crippen LogP contribution in [0.25, 0.3) is 11.0 Å². The van der Waals surface area contributed by atoms with Crippen LogP contribution in [-0.4, -0.2) is 17.7 Å². The molecule has 0 bridgehead atoms. The number of rotatable bonds is 2. The third-order valence-corrected chi connectivity index (χ3v) is 4.36. The van der Waals surface area contributed by atoms with Gasteiger partial charge in [-0.05, 0) is 45.4 Å². The summed E-state index contributed by atoms with van der Waals surface area (Å²) in [6.07, 6.45) is 1.86. The van der Waals surface area contributed by atoms with Crippen molar-refractivity contribution in [2.45, 2.75) is 45.8 Å². The van der Waals surface area contributed by atoms with Gasteiger partial charge in [0, 0.05) is 29.5 Å². The summed E-state index contributed by atoms with van der Waals surface area (Å²) < 4.78 is 16.9. The first kappa shape index (κ1) is 16.3. The summed E-state index contributed by atoms with van der Waals surface area (Å²) in [6.45, 7) is 7.28. The molecule has 0 radical (unpaired) electrons. The predicted molar refractivity (Wildman–Crippen MR) is 90.2 cm³/mol. The van der Waals surface area contributed by atoms with Crippen molar-refractivity contribution >= 4 is 16.9 Å². The molecular weight excluding hydrogens is 308 g/mol. The molecule has 0 N–H and O–H groups in total. The van der Waals surface area contributed by atoms with Gasteiger partial charge in [0.15, 0.2) is 0 Å². The molecule has 0 amide bonds. The number of carbonyl (C=O) groups is 1. The number of ether oxygens (including phenoxy) is 2. The lowest BCUT2D eigenvalue weighted by Gasteiger charge is -2.39. The summed E-state index contributed by atoms with van der Waals surface area (Å²) in [5.41, 5.74) is 0.895. The molecule has 1 aromatic carbocycles. The summed E-state index contributed by atoms with van der Waals surface area (Å²) in [4.78, 5) is 23.5. The van der Waals surface area contributed by atoms with E-state index in [1.54, 1.807) is 32.1 Å². The number of esters is 1. The second kappa shape index (κ2) is 5.82. The van der Waals surface area contributed by atoms with Crippen LogP contribution < -0.4 is 10.4 Å². The molecule has 1 atom stereocenters. The highest BCUT2D eigenvalue weighted by atomic mass is 16.6. The molecule has 0 saturated heterocycles. The molecule has 0 aliphatic carbocycles. The van der Waals surface area contributed by atoms with E-state index < -0.39 is 17.3 Å². The van der Waals surface area contributed by atoms with E-state index >= 15 is 0 Å². The Kier molecular flexibility index (Phi) is 3.95. The minimum absolute atomic E-state index is 0.339. The Balaban J connectivity index is 1.97. The summed E-state index contributed by atoms with van der Waals surface area (Å²) in [5, 5.41) is 0.811. The van der Waals surface area contributed by atoms with E-state index in [0.717, 1.165) is 10.9 Å². The van der Waals surface area contributed by atoms with Crippen LogP contribution in [0.4, 0.5) is 0 Å². The molecule has 1 aliphatic heterocycles. The Morgan fingerprint density at radius 2 is 2.08 bits per heavy atom. The molecule has 0 saturated carbocycles. The third-order valence-electron chi connectivity index (χ3n) is 4.36. The quantitative estimate of drug-likeness (QED) is 0.480. The Labute approximate surface area is 139 Å². The zero-order chi connectivity index (χ0) is 17.5. The van der Waals surface area contributed by atoms with Gasteiger partial charge >= 0.3 is 11.6 Å². The van der Waals surface area contributed by atoms with Crippen LogP contribution in [0.1, 0.15) is 33.3 Å². The average Bonchev–Trinajstić information content (AvgIpc) is 2.52. The van der Waals surface area contributed by atoms with Crippen molar-refractivity contribution in [2.75, 3.05) is 0 Å². The summed E-state index contributed by atoms with van der Waals surface area (Å²) in [5.74, 6) is 0.311. The summed E-state index contributed by atoms with van der Waals surface area (Å²) in [7, 11) is 0. The standard InChI is InChI=1S/C19H20O5/c1-5-11(2)18(21)23-16-9-13-8-12-6-7-17(20)22-14(12)10-15(13)24-19(16,3)4/h5-8,10,16H,9H2,1-4H3/b11-5+/t16-/m0/s1. The molecule has 5 nitrogen and oxygen atoms in total. The van der Waals surface area contributed by atoms with Gasteiger partial charge in [0.1, 0.15) is 23.0 Å². The zero-order valence-electron chi connectivity index (χ0n) is 14.2. The lowest BCUT2D eigenvalue weighted by molar-refractivity contribution is -0.156. The molecule has 3 rings (SSSR count). The molecule has 2 aromatic rings. The smallest absolute Gasteiger partial charge is 0.336 e. The topological polar surface area (TPSA) is 65.7 Å². The van der Waals surface area contributed by atoms with Gasteiger partial charge in [-0.15, -0.1) is 0 Å². The fourth-order valence-corrected chi connectivity index (χ4v) is 2.72. The molecule has 5 heteroatoms. The highest BCUT2D eigenvalue weighted by Gasteiger charge is 2.40. The molecule has 1 aromatic heterocycles. The van der Waals surface area contributed by atoms with Gasteiger partial charge in [-0.3, -0.25) is 0 Å². The third kappa shape index (κ3) is 2.94. The van der Waals surface area contributed by atoms with Crippen LogP contribution in [-0.2, 0) is 16.0 Å². The van der Waals surface area contributed by atoms with E-state index in [1.807, 2.05) is 19.9 Å². The Morgan fingerprint density at radius 1 is 1.33 bits per heavy atom. The van der Waals surface area contributed by atoms with Gasteiger partial charge in [0.25, 0.3) is 0 Å². The minimum Gasteiger partial charge on any atom is -0.484 e. The van der Waals surface area contributed by atoms with Crippen molar-refractivity contribution in [3.63, 3.8) is 0 Å². The number of benzene rings is 1. The monoisotopic (exact) mass is 328 g/mol. The van der Waals surface area contributed by atoms with Crippen molar-refractivity contribution in [3.05, 3.63) is 51.9 Å². The normalized spacial score (nSPS) is 19.5. The van der Waals surface area contributed by atoms with E-state index in [-0.39, 0.29) is 5.97 Å². The Hall–Kier alpha value is -2.56. The van der Waals surface area contributed by atoms with Crippen molar-refractivity contribution in [1.82, 2.24) is 0 Å². The molecule has 1 aliphatic rings. The first-order valence-electron chi connectivity index (χ1n) is 7.90. The Bertz CT molecular complexity index is 888. The van der Waals surface area contributed by atoms with Crippen LogP contribution in [0.3, 0.4) is 0 Å². The first-order valence-corrected chi connectivity index (χ1v) is 7.90. The van der Waals surface area contributed by atoms with Crippen molar-refractivity contribution in [3.8, 4) is 5.75 Å². The predicted octanol–water partition coefficient (Wildman–Crippen LogP) is 3.38. The maximum atomic E-state index is 12.1. The molecule has 126 valence electrons. The van der Waals surface area contributed by atoms with Crippen LogP contribution >= 0.6 is 0 Å². The van der Waals surface area contributed by atoms with Gasteiger partial charge in [-0.2, -0.15) is 0 Å². The van der Waals surface area contributed by atoms with E-state index in [0.29, 0.717) is 23.3 Å². The summed E-state index contributed by atoms with van der Waals surface area (Å²) >= 11 is 0. The van der Waals surface area contributed by atoms with Crippen LogP contribution in [0.5, 0.6) is 5.75 Å². The van der Waals surface area contributed by atoms with Gasteiger partial charge in [-0.1, -0.05) is 6.08 Å². The maximum absolute atomic E-state index is 12.1. The fourth-order valence-electron chi connectivity index (χ4n) is 2.72. The second-order valence-corrected chi connectivity index (χ2v) is 6.53. The average molecular weight is 328 g/mol. The number of allylic oxidation sites excluding steroid dienone is 1. The highest BCUT2D eigenvalue weighted by Crippen LogP contribution is 2.37. The Morgan fingerprint density at radius 3 is 2.79 bits per heavy atom. The number of carbonyl (C=O) groups excluding carboxylic acids is 1. The maximum Gasteiger partial charge on any atom is 0.336 e. The van der Waals surface area contributed by atoms with E-state index in [1.165, 1.54) is 6.07 Å². The first-order chi connectivity index (χ1) is 11.3.